The Labute approximate surface area is 126 Å². The van der Waals surface area contributed by atoms with Gasteiger partial charge in [0.15, 0.2) is 0 Å². The Balaban J connectivity index is 2.27. The molecule has 2 aromatic carbocycles. The molecule has 0 aliphatic rings. The molecule has 0 amide bonds. The summed E-state index contributed by atoms with van der Waals surface area (Å²) in [5.41, 5.74) is 7.49. The van der Waals surface area contributed by atoms with E-state index in [1.807, 2.05) is 13.0 Å². The zero-order valence-corrected chi connectivity index (χ0v) is 12.7. The van der Waals surface area contributed by atoms with E-state index >= 15 is 0 Å². The van der Waals surface area contributed by atoms with E-state index in [0.29, 0.717) is 29.4 Å². The molecular weight excluding hydrogens is 323 g/mol. The average Bonchev–Trinajstić information content (AvgIpc) is 2.44. The number of para-hydroxylation sites is 1. The Hall–Kier alpha value is -1.75. The minimum atomic E-state index is -0.340. The largest absolute Gasteiger partial charge is 0.491 e. The summed E-state index contributed by atoms with van der Waals surface area (Å²) in [4.78, 5) is 0. The Bertz CT molecular complexity index is 604. The monoisotopic (exact) mass is 338 g/mol. The minimum Gasteiger partial charge on any atom is -0.491 e. The van der Waals surface area contributed by atoms with Crippen molar-refractivity contribution in [2.75, 3.05) is 17.7 Å². The second-order valence-electron chi connectivity index (χ2n) is 4.32. The SMILES string of the molecule is CCCOc1cccc(Nc2cc(Br)ccc2F)c1N. The highest BCUT2D eigenvalue weighted by molar-refractivity contribution is 9.10. The lowest BCUT2D eigenvalue weighted by Crippen LogP contribution is -2.03. The Kier molecular flexibility index (Phi) is 4.84. The lowest BCUT2D eigenvalue weighted by molar-refractivity contribution is 0.319. The van der Waals surface area contributed by atoms with Crippen molar-refractivity contribution in [3.8, 4) is 5.75 Å². The summed E-state index contributed by atoms with van der Waals surface area (Å²) in [5.74, 6) is 0.264. The molecule has 0 fully saturated rings. The summed E-state index contributed by atoms with van der Waals surface area (Å²) in [5, 5.41) is 2.99. The zero-order chi connectivity index (χ0) is 14.5. The number of rotatable bonds is 5. The van der Waals surface area contributed by atoms with Crippen LogP contribution in [0.25, 0.3) is 0 Å². The van der Waals surface area contributed by atoms with Crippen LogP contribution < -0.4 is 15.8 Å². The molecular formula is C15H16BrFN2O. The quantitative estimate of drug-likeness (QED) is 0.776. The number of halogens is 2. The number of anilines is 3. The highest BCUT2D eigenvalue weighted by Gasteiger charge is 2.09. The second-order valence-corrected chi connectivity index (χ2v) is 5.23. The molecule has 0 spiro atoms. The third-order valence-electron chi connectivity index (χ3n) is 2.73. The molecule has 0 aliphatic heterocycles. The van der Waals surface area contributed by atoms with Crippen LogP contribution in [0.4, 0.5) is 21.5 Å². The first-order valence-electron chi connectivity index (χ1n) is 6.35. The Morgan fingerprint density at radius 2 is 2.05 bits per heavy atom. The van der Waals surface area contributed by atoms with Crippen molar-refractivity contribution in [1.29, 1.82) is 0 Å². The summed E-state index contributed by atoms with van der Waals surface area (Å²) in [6.45, 7) is 2.62. The van der Waals surface area contributed by atoms with Crippen LogP contribution in [0.1, 0.15) is 13.3 Å². The van der Waals surface area contributed by atoms with Gasteiger partial charge in [-0.25, -0.2) is 4.39 Å². The molecule has 3 nitrogen and oxygen atoms in total. The number of ether oxygens (including phenoxy) is 1. The lowest BCUT2D eigenvalue weighted by Gasteiger charge is -2.14. The van der Waals surface area contributed by atoms with Crippen LogP contribution in [-0.4, -0.2) is 6.61 Å². The van der Waals surface area contributed by atoms with Gasteiger partial charge in [0, 0.05) is 4.47 Å². The molecule has 0 saturated heterocycles. The van der Waals surface area contributed by atoms with Crippen molar-refractivity contribution in [2.45, 2.75) is 13.3 Å². The van der Waals surface area contributed by atoms with E-state index in [0.717, 1.165) is 10.9 Å². The van der Waals surface area contributed by atoms with Crippen LogP contribution in [0.3, 0.4) is 0 Å². The van der Waals surface area contributed by atoms with Gasteiger partial charge in [0.25, 0.3) is 0 Å². The first-order valence-corrected chi connectivity index (χ1v) is 7.14. The molecule has 0 bridgehead atoms. The molecule has 0 unspecified atom stereocenters. The van der Waals surface area contributed by atoms with Gasteiger partial charge < -0.3 is 15.8 Å². The topological polar surface area (TPSA) is 47.3 Å². The maximum Gasteiger partial charge on any atom is 0.146 e. The van der Waals surface area contributed by atoms with Crippen LogP contribution in [0, 0.1) is 5.82 Å². The van der Waals surface area contributed by atoms with Crippen LogP contribution in [0.15, 0.2) is 40.9 Å². The highest BCUT2D eigenvalue weighted by Crippen LogP contribution is 2.33. The maximum atomic E-state index is 13.7. The van der Waals surface area contributed by atoms with E-state index < -0.39 is 0 Å². The van der Waals surface area contributed by atoms with Crippen molar-refractivity contribution in [1.82, 2.24) is 0 Å². The Morgan fingerprint density at radius 1 is 1.25 bits per heavy atom. The van der Waals surface area contributed by atoms with Crippen molar-refractivity contribution in [3.05, 3.63) is 46.7 Å². The first-order chi connectivity index (χ1) is 9.61. The maximum absolute atomic E-state index is 13.7. The number of nitrogen functional groups attached to an aromatic ring is 1. The smallest absolute Gasteiger partial charge is 0.146 e. The van der Waals surface area contributed by atoms with Crippen molar-refractivity contribution in [3.63, 3.8) is 0 Å². The molecule has 2 rings (SSSR count). The molecule has 106 valence electrons. The van der Waals surface area contributed by atoms with Gasteiger partial charge in [0.2, 0.25) is 0 Å². The van der Waals surface area contributed by atoms with Gasteiger partial charge in [-0.2, -0.15) is 0 Å². The van der Waals surface area contributed by atoms with Crippen LogP contribution in [-0.2, 0) is 0 Å². The molecule has 3 N–H and O–H groups in total. The molecule has 0 atom stereocenters. The summed E-state index contributed by atoms with van der Waals surface area (Å²) in [6, 6.07) is 10.1. The van der Waals surface area contributed by atoms with Gasteiger partial charge >= 0.3 is 0 Å². The van der Waals surface area contributed by atoms with Crippen molar-refractivity contribution < 1.29 is 9.13 Å². The van der Waals surface area contributed by atoms with Gasteiger partial charge in [0.05, 0.1) is 23.7 Å². The molecule has 5 heteroatoms. The third-order valence-corrected chi connectivity index (χ3v) is 3.22. The van der Waals surface area contributed by atoms with Crippen LogP contribution >= 0.6 is 15.9 Å². The van der Waals surface area contributed by atoms with Gasteiger partial charge in [-0.3, -0.25) is 0 Å². The van der Waals surface area contributed by atoms with E-state index in [4.69, 9.17) is 10.5 Å². The number of hydrogen-bond acceptors (Lipinski definition) is 3. The Morgan fingerprint density at radius 3 is 2.80 bits per heavy atom. The number of benzene rings is 2. The first kappa shape index (κ1) is 14.7. The summed E-state index contributed by atoms with van der Waals surface area (Å²) >= 11 is 3.31. The molecule has 20 heavy (non-hydrogen) atoms. The summed E-state index contributed by atoms with van der Waals surface area (Å²) in [7, 11) is 0. The van der Waals surface area contributed by atoms with Crippen LogP contribution in [0.2, 0.25) is 0 Å². The number of hydrogen-bond donors (Lipinski definition) is 2. The average molecular weight is 339 g/mol. The van der Waals surface area contributed by atoms with Gasteiger partial charge in [0.1, 0.15) is 11.6 Å². The molecule has 0 saturated carbocycles. The summed E-state index contributed by atoms with van der Waals surface area (Å²) < 4.78 is 20.1. The molecule has 0 aromatic heterocycles. The van der Waals surface area contributed by atoms with Gasteiger partial charge in [-0.1, -0.05) is 28.9 Å². The van der Waals surface area contributed by atoms with E-state index in [1.54, 1.807) is 24.3 Å². The fourth-order valence-electron chi connectivity index (χ4n) is 1.73. The molecule has 2 aromatic rings. The minimum absolute atomic E-state index is 0.340. The van der Waals surface area contributed by atoms with E-state index in [2.05, 4.69) is 21.2 Å². The molecule has 0 radical (unpaired) electrons. The van der Waals surface area contributed by atoms with Gasteiger partial charge in [-0.05, 0) is 36.8 Å². The number of nitrogens with one attached hydrogen (secondary N) is 1. The van der Waals surface area contributed by atoms with E-state index in [-0.39, 0.29) is 5.82 Å². The fraction of sp³-hybridized carbons (Fsp3) is 0.200. The van der Waals surface area contributed by atoms with Crippen LogP contribution in [0.5, 0.6) is 5.75 Å². The highest BCUT2D eigenvalue weighted by atomic mass is 79.9. The summed E-state index contributed by atoms with van der Waals surface area (Å²) in [6.07, 6.45) is 0.900. The normalized spacial score (nSPS) is 10.3. The van der Waals surface area contributed by atoms with E-state index in [9.17, 15) is 4.39 Å². The van der Waals surface area contributed by atoms with Crippen molar-refractivity contribution >= 4 is 33.0 Å². The van der Waals surface area contributed by atoms with E-state index in [1.165, 1.54) is 6.07 Å². The zero-order valence-electron chi connectivity index (χ0n) is 11.1. The van der Waals surface area contributed by atoms with Crippen molar-refractivity contribution in [2.24, 2.45) is 0 Å². The predicted molar refractivity (Wildman–Crippen MR) is 84.0 cm³/mol. The third kappa shape index (κ3) is 3.42. The fourth-order valence-corrected chi connectivity index (χ4v) is 2.09. The molecule has 0 aliphatic carbocycles. The molecule has 0 heterocycles. The standard InChI is InChI=1S/C15H16BrFN2O/c1-2-8-20-14-5-3-4-12(15(14)18)19-13-9-10(16)6-7-11(13)17/h3-7,9,19H,2,8,18H2,1H3. The lowest BCUT2D eigenvalue weighted by atomic mass is 10.2. The number of nitrogens with two attached hydrogens (primary N) is 1. The predicted octanol–water partition coefficient (Wildman–Crippen LogP) is 4.70. The van der Waals surface area contributed by atoms with Gasteiger partial charge in [-0.15, -0.1) is 0 Å². The second kappa shape index (κ2) is 6.61.